The minimum absolute atomic E-state index is 0.195. The molecule has 170 valence electrons. The third-order valence-corrected chi connectivity index (χ3v) is 6.64. The largest absolute Gasteiger partial charge is 0.494 e. The molecule has 1 fully saturated rings. The number of hydrogen-bond donors (Lipinski definition) is 3. The van der Waals surface area contributed by atoms with Gasteiger partial charge >= 0.3 is 5.97 Å². The molecular formula is C23H33N3O5. The van der Waals surface area contributed by atoms with Crippen molar-refractivity contribution in [1.29, 1.82) is 0 Å². The maximum atomic E-state index is 13.5. The van der Waals surface area contributed by atoms with Crippen LogP contribution in [0.25, 0.3) is 0 Å². The molecule has 2 aliphatic heterocycles. The molecule has 1 aromatic rings. The van der Waals surface area contributed by atoms with Gasteiger partial charge in [-0.15, -0.1) is 0 Å². The van der Waals surface area contributed by atoms with Gasteiger partial charge in [0.25, 0.3) is 5.91 Å². The highest BCUT2D eigenvalue weighted by atomic mass is 16.5. The quantitative estimate of drug-likeness (QED) is 0.584. The van der Waals surface area contributed by atoms with Crippen molar-refractivity contribution in [1.82, 2.24) is 10.2 Å². The molecule has 0 radical (unpaired) electrons. The maximum absolute atomic E-state index is 13.5. The summed E-state index contributed by atoms with van der Waals surface area (Å²) in [7, 11) is 0. The fourth-order valence-electron chi connectivity index (χ4n) is 4.71. The summed E-state index contributed by atoms with van der Waals surface area (Å²) in [6, 6.07) is 5.00. The van der Waals surface area contributed by atoms with Gasteiger partial charge < -0.3 is 25.4 Å². The average molecular weight is 432 g/mol. The van der Waals surface area contributed by atoms with E-state index in [4.69, 9.17) is 4.74 Å². The normalized spacial score (nSPS) is 19.4. The summed E-state index contributed by atoms with van der Waals surface area (Å²) in [5, 5.41) is 16.1. The Morgan fingerprint density at radius 1 is 1.29 bits per heavy atom. The third kappa shape index (κ3) is 4.69. The van der Waals surface area contributed by atoms with Crippen LogP contribution in [0.15, 0.2) is 18.2 Å². The molecule has 1 saturated heterocycles. The Hall–Kier alpha value is -2.61. The number of piperidine rings is 1. The second-order valence-electron chi connectivity index (χ2n) is 8.72. The number of rotatable bonds is 8. The highest BCUT2D eigenvalue weighted by Gasteiger charge is 2.49. The van der Waals surface area contributed by atoms with Crippen molar-refractivity contribution in [2.24, 2.45) is 11.8 Å². The van der Waals surface area contributed by atoms with Crippen LogP contribution in [0, 0.1) is 11.8 Å². The Kier molecular flexibility index (Phi) is 7.20. The van der Waals surface area contributed by atoms with E-state index in [1.54, 1.807) is 39.0 Å². The second kappa shape index (κ2) is 9.68. The molecule has 0 spiro atoms. The molecule has 2 aliphatic rings. The summed E-state index contributed by atoms with van der Waals surface area (Å²) >= 11 is 0. The van der Waals surface area contributed by atoms with Crippen molar-refractivity contribution in [3.8, 4) is 5.75 Å². The SMILES string of the molecule is CCC(C(=O)O)(C(C)C)N1CC(=O)Nc2ccc(OCCC3CCNCC3)cc2C1=O. The van der Waals surface area contributed by atoms with E-state index < -0.39 is 23.3 Å². The summed E-state index contributed by atoms with van der Waals surface area (Å²) in [4.78, 5) is 39.5. The number of fused-ring (bicyclic) bond motifs is 1. The average Bonchev–Trinajstić information content (AvgIpc) is 2.86. The Morgan fingerprint density at radius 2 is 2.00 bits per heavy atom. The molecule has 0 aliphatic carbocycles. The van der Waals surface area contributed by atoms with Gasteiger partial charge in [-0.05, 0) is 68.8 Å². The number of amides is 2. The number of hydrogen-bond acceptors (Lipinski definition) is 5. The Balaban J connectivity index is 1.84. The fourth-order valence-corrected chi connectivity index (χ4v) is 4.71. The molecular weight excluding hydrogens is 398 g/mol. The molecule has 2 amide bonds. The first-order chi connectivity index (χ1) is 14.8. The van der Waals surface area contributed by atoms with Crippen LogP contribution >= 0.6 is 0 Å². The van der Waals surface area contributed by atoms with E-state index in [0.717, 1.165) is 32.4 Å². The molecule has 1 unspecified atom stereocenters. The van der Waals surface area contributed by atoms with Crippen molar-refractivity contribution in [3.63, 3.8) is 0 Å². The van der Waals surface area contributed by atoms with Crippen molar-refractivity contribution in [3.05, 3.63) is 23.8 Å². The number of nitrogens with zero attached hydrogens (tertiary/aromatic N) is 1. The first kappa shape index (κ1) is 23.1. The predicted octanol–water partition coefficient (Wildman–Crippen LogP) is 2.74. The molecule has 0 aromatic heterocycles. The standard InChI is InChI=1S/C23H33N3O5/c1-4-23(15(2)3,22(29)30)26-14-20(27)25-19-6-5-17(13-18(19)21(26)28)31-12-9-16-7-10-24-11-8-16/h5-6,13,15-16,24H,4,7-12,14H2,1-3H3,(H,25,27)(H,29,30). The number of carbonyl (C=O) groups excluding carboxylic acids is 2. The van der Waals surface area contributed by atoms with Gasteiger partial charge in [0.1, 0.15) is 17.8 Å². The third-order valence-electron chi connectivity index (χ3n) is 6.64. The van der Waals surface area contributed by atoms with Crippen LogP contribution in [0.3, 0.4) is 0 Å². The molecule has 2 heterocycles. The lowest BCUT2D eigenvalue weighted by atomic mass is 9.81. The van der Waals surface area contributed by atoms with Gasteiger partial charge in [-0.3, -0.25) is 9.59 Å². The Labute approximate surface area is 183 Å². The molecule has 31 heavy (non-hydrogen) atoms. The van der Waals surface area contributed by atoms with E-state index in [2.05, 4.69) is 10.6 Å². The summed E-state index contributed by atoms with van der Waals surface area (Å²) < 4.78 is 5.91. The van der Waals surface area contributed by atoms with E-state index >= 15 is 0 Å². The van der Waals surface area contributed by atoms with Crippen molar-refractivity contribution in [2.45, 2.75) is 52.0 Å². The number of carboxylic acids is 1. The number of benzene rings is 1. The summed E-state index contributed by atoms with van der Waals surface area (Å²) in [6.07, 6.45) is 3.41. The van der Waals surface area contributed by atoms with E-state index in [1.807, 2.05) is 0 Å². The number of carboxylic acid groups (broad SMARTS) is 1. The first-order valence-electron chi connectivity index (χ1n) is 11.1. The molecule has 0 saturated carbocycles. The minimum Gasteiger partial charge on any atom is -0.494 e. The van der Waals surface area contributed by atoms with Crippen LogP contribution in [0.4, 0.5) is 5.69 Å². The van der Waals surface area contributed by atoms with Crippen molar-refractivity contribution in [2.75, 3.05) is 31.6 Å². The van der Waals surface area contributed by atoms with E-state index in [0.29, 0.717) is 24.0 Å². The fraction of sp³-hybridized carbons (Fsp3) is 0.609. The van der Waals surface area contributed by atoms with Crippen LogP contribution < -0.4 is 15.4 Å². The molecule has 1 atom stereocenters. The summed E-state index contributed by atoms with van der Waals surface area (Å²) in [5.41, 5.74) is -0.839. The molecule has 1 aromatic carbocycles. The van der Waals surface area contributed by atoms with Crippen LogP contribution in [-0.2, 0) is 9.59 Å². The van der Waals surface area contributed by atoms with Crippen molar-refractivity contribution >= 4 is 23.5 Å². The smallest absolute Gasteiger partial charge is 0.329 e. The molecule has 8 heteroatoms. The molecule has 8 nitrogen and oxygen atoms in total. The summed E-state index contributed by atoms with van der Waals surface area (Å²) in [5.74, 6) is -1.20. The van der Waals surface area contributed by atoms with Crippen molar-refractivity contribution < 1.29 is 24.2 Å². The highest BCUT2D eigenvalue weighted by Crippen LogP contribution is 2.35. The van der Waals surface area contributed by atoms with Gasteiger partial charge in [0.05, 0.1) is 17.9 Å². The zero-order valence-corrected chi connectivity index (χ0v) is 18.6. The predicted molar refractivity (Wildman–Crippen MR) is 117 cm³/mol. The number of anilines is 1. The zero-order chi connectivity index (χ0) is 22.6. The minimum atomic E-state index is -1.47. The van der Waals surface area contributed by atoms with Crippen LogP contribution in [0.2, 0.25) is 0 Å². The number of aliphatic carboxylic acids is 1. The zero-order valence-electron chi connectivity index (χ0n) is 18.6. The van der Waals surface area contributed by atoms with Gasteiger partial charge in [0.15, 0.2) is 0 Å². The first-order valence-corrected chi connectivity index (χ1v) is 11.1. The van der Waals surface area contributed by atoms with Gasteiger partial charge in [-0.1, -0.05) is 20.8 Å². The van der Waals surface area contributed by atoms with Crippen LogP contribution in [0.1, 0.15) is 56.8 Å². The second-order valence-corrected chi connectivity index (χ2v) is 8.72. The monoisotopic (exact) mass is 431 g/mol. The lowest BCUT2D eigenvalue weighted by Gasteiger charge is -2.42. The molecule has 0 bridgehead atoms. The van der Waals surface area contributed by atoms with E-state index in [1.165, 1.54) is 4.90 Å². The Morgan fingerprint density at radius 3 is 2.61 bits per heavy atom. The lowest BCUT2D eigenvalue weighted by Crippen LogP contribution is -2.61. The maximum Gasteiger partial charge on any atom is 0.329 e. The van der Waals surface area contributed by atoms with Gasteiger partial charge in [0.2, 0.25) is 5.91 Å². The van der Waals surface area contributed by atoms with Gasteiger partial charge in [0, 0.05) is 0 Å². The molecule has 3 N–H and O–H groups in total. The lowest BCUT2D eigenvalue weighted by molar-refractivity contribution is -0.153. The Bertz CT molecular complexity index is 835. The highest BCUT2D eigenvalue weighted by molar-refractivity contribution is 6.10. The number of nitrogens with one attached hydrogen (secondary N) is 2. The van der Waals surface area contributed by atoms with Gasteiger partial charge in [-0.25, -0.2) is 4.79 Å². The number of carbonyl (C=O) groups is 3. The van der Waals surface area contributed by atoms with E-state index in [-0.39, 0.29) is 24.4 Å². The van der Waals surface area contributed by atoms with Gasteiger partial charge in [-0.2, -0.15) is 0 Å². The van der Waals surface area contributed by atoms with Crippen LogP contribution in [0.5, 0.6) is 5.75 Å². The van der Waals surface area contributed by atoms with E-state index in [9.17, 15) is 19.5 Å². The summed E-state index contributed by atoms with van der Waals surface area (Å²) in [6.45, 7) is 7.55. The topological polar surface area (TPSA) is 108 Å². The van der Waals surface area contributed by atoms with Crippen LogP contribution in [-0.4, -0.2) is 59.6 Å². The number of ether oxygens (including phenoxy) is 1. The molecule has 3 rings (SSSR count).